The summed E-state index contributed by atoms with van der Waals surface area (Å²) in [6.45, 7) is 2.54. The van der Waals surface area contributed by atoms with Crippen LogP contribution >= 0.6 is 0 Å². The lowest BCUT2D eigenvalue weighted by molar-refractivity contribution is -0.142. The number of carbonyl (C=O) groups is 2. The van der Waals surface area contributed by atoms with Crippen LogP contribution in [-0.2, 0) is 14.9 Å². The number of Topliss-reactive ketones (excluding diaryl/α,β-unsaturated/α-hetero) is 1. The average molecular weight is 459 g/mol. The molecule has 6 nitrogen and oxygen atoms in total. The van der Waals surface area contributed by atoms with Crippen LogP contribution in [-0.4, -0.2) is 56.1 Å². The number of ether oxygens (including phenoxy) is 3. The van der Waals surface area contributed by atoms with Gasteiger partial charge in [-0.05, 0) is 42.7 Å². The fraction of sp³-hybridized carbons (Fsp3) is 0.440. The van der Waals surface area contributed by atoms with Crippen molar-refractivity contribution in [1.29, 1.82) is 0 Å². The highest BCUT2D eigenvalue weighted by Gasteiger charge is 2.53. The normalized spacial score (nSPS) is 19.2. The summed E-state index contributed by atoms with van der Waals surface area (Å²) in [6.07, 6.45) is 1.17. The van der Waals surface area contributed by atoms with Crippen LogP contribution in [0.1, 0.15) is 42.1 Å². The third-order valence-corrected chi connectivity index (χ3v) is 6.28. The molecule has 0 radical (unpaired) electrons. The molecule has 1 atom stereocenters. The molecule has 8 heteroatoms. The van der Waals surface area contributed by atoms with E-state index >= 15 is 0 Å². The van der Waals surface area contributed by atoms with E-state index in [4.69, 9.17) is 14.2 Å². The SMILES string of the molecule is CCC(=O)c1cc(F)c(OCC2CN(C(=O)C3(c4ccc(OC)cc4)CC3)CCO2)c(F)c1. The van der Waals surface area contributed by atoms with Crippen LogP contribution in [0.3, 0.4) is 0 Å². The average Bonchev–Trinajstić information content (AvgIpc) is 3.64. The van der Waals surface area contributed by atoms with Crippen molar-refractivity contribution in [3.8, 4) is 11.5 Å². The van der Waals surface area contributed by atoms with Gasteiger partial charge in [-0.15, -0.1) is 0 Å². The van der Waals surface area contributed by atoms with Crippen molar-refractivity contribution < 1.29 is 32.6 Å². The minimum absolute atomic E-state index is 0.0285. The molecular formula is C25H27F2NO5. The van der Waals surface area contributed by atoms with E-state index in [1.165, 1.54) is 0 Å². The van der Waals surface area contributed by atoms with Crippen molar-refractivity contribution in [3.63, 3.8) is 0 Å². The zero-order valence-electron chi connectivity index (χ0n) is 18.7. The summed E-state index contributed by atoms with van der Waals surface area (Å²) < 4.78 is 44.9. The van der Waals surface area contributed by atoms with E-state index in [1.807, 2.05) is 24.3 Å². The smallest absolute Gasteiger partial charge is 0.233 e. The minimum Gasteiger partial charge on any atom is -0.497 e. The molecule has 4 rings (SSSR count). The predicted octanol–water partition coefficient (Wildman–Crippen LogP) is 3.90. The molecule has 0 bridgehead atoms. The van der Waals surface area contributed by atoms with E-state index in [0.29, 0.717) is 13.2 Å². The van der Waals surface area contributed by atoms with Crippen molar-refractivity contribution >= 4 is 11.7 Å². The predicted molar refractivity (Wildman–Crippen MR) is 117 cm³/mol. The molecular weight excluding hydrogens is 432 g/mol. The fourth-order valence-electron chi connectivity index (χ4n) is 4.21. The third kappa shape index (κ3) is 4.71. The number of halogens is 2. The molecule has 2 aromatic rings. The largest absolute Gasteiger partial charge is 0.497 e. The van der Waals surface area contributed by atoms with Gasteiger partial charge < -0.3 is 19.1 Å². The number of nitrogens with zero attached hydrogens (tertiary/aromatic N) is 1. The molecule has 1 amide bonds. The van der Waals surface area contributed by atoms with Crippen LogP contribution in [0.5, 0.6) is 11.5 Å². The number of carbonyl (C=O) groups excluding carboxylic acids is 2. The zero-order chi connectivity index (χ0) is 23.6. The van der Waals surface area contributed by atoms with Gasteiger partial charge in [0, 0.05) is 18.5 Å². The second kappa shape index (κ2) is 9.47. The molecule has 1 saturated carbocycles. The van der Waals surface area contributed by atoms with E-state index in [-0.39, 0.29) is 36.8 Å². The molecule has 1 heterocycles. The van der Waals surface area contributed by atoms with Crippen LogP contribution < -0.4 is 9.47 Å². The Morgan fingerprint density at radius 3 is 2.39 bits per heavy atom. The van der Waals surface area contributed by atoms with Crippen LogP contribution in [0.4, 0.5) is 8.78 Å². The van der Waals surface area contributed by atoms with E-state index in [0.717, 1.165) is 36.3 Å². The van der Waals surface area contributed by atoms with Gasteiger partial charge in [0.1, 0.15) is 18.5 Å². The summed E-state index contributed by atoms with van der Waals surface area (Å²) in [7, 11) is 1.60. The number of amides is 1. The van der Waals surface area contributed by atoms with Crippen molar-refractivity contribution in [3.05, 3.63) is 59.2 Å². The lowest BCUT2D eigenvalue weighted by Crippen LogP contribution is -2.50. The molecule has 2 aromatic carbocycles. The number of benzene rings is 2. The standard InChI is InChI=1S/C25H27F2NO5/c1-3-22(29)16-12-20(26)23(21(27)13-16)33-15-19-14-28(10-11-32-19)24(30)25(8-9-25)17-4-6-18(31-2)7-5-17/h4-7,12-13,19H,3,8-11,14-15H2,1-2H3. The Morgan fingerprint density at radius 1 is 1.15 bits per heavy atom. The van der Waals surface area contributed by atoms with Gasteiger partial charge in [0.15, 0.2) is 23.2 Å². The first kappa shape index (κ1) is 23.2. The Kier molecular flexibility index (Phi) is 6.65. The monoisotopic (exact) mass is 459 g/mol. The fourth-order valence-corrected chi connectivity index (χ4v) is 4.21. The Morgan fingerprint density at radius 2 is 1.82 bits per heavy atom. The maximum atomic E-state index is 14.3. The second-order valence-corrected chi connectivity index (χ2v) is 8.41. The first-order valence-electron chi connectivity index (χ1n) is 11.1. The first-order chi connectivity index (χ1) is 15.9. The van der Waals surface area contributed by atoms with E-state index in [9.17, 15) is 18.4 Å². The summed E-state index contributed by atoms with van der Waals surface area (Å²) in [5.41, 5.74) is 0.395. The second-order valence-electron chi connectivity index (χ2n) is 8.41. The highest BCUT2D eigenvalue weighted by Crippen LogP contribution is 2.50. The number of hydrogen-bond donors (Lipinski definition) is 0. The molecule has 33 heavy (non-hydrogen) atoms. The summed E-state index contributed by atoms with van der Waals surface area (Å²) in [6, 6.07) is 9.50. The third-order valence-electron chi connectivity index (χ3n) is 6.28. The summed E-state index contributed by atoms with van der Waals surface area (Å²) in [5.74, 6) is -2.02. The highest BCUT2D eigenvalue weighted by atomic mass is 19.1. The van der Waals surface area contributed by atoms with Gasteiger partial charge in [0.05, 0.1) is 25.7 Å². The molecule has 0 aromatic heterocycles. The van der Waals surface area contributed by atoms with Gasteiger partial charge in [-0.3, -0.25) is 9.59 Å². The number of methoxy groups -OCH3 is 1. The maximum Gasteiger partial charge on any atom is 0.233 e. The Labute approximate surface area is 191 Å². The number of morpholine rings is 1. The lowest BCUT2D eigenvalue weighted by atomic mass is 9.94. The van der Waals surface area contributed by atoms with Crippen molar-refractivity contribution in [1.82, 2.24) is 4.90 Å². The van der Waals surface area contributed by atoms with E-state index in [2.05, 4.69) is 0 Å². The Balaban J connectivity index is 1.40. The van der Waals surface area contributed by atoms with Crippen LogP contribution in [0.25, 0.3) is 0 Å². The zero-order valence-corrected chi connectivity index (χ0v) is 18.7. The van der Waals surface area contributed by atoms with Crippen molar-refractivity contribution in [2.45, 2.75) is 37.7 Å². The Bertz CT molecular complexity index is 1010. The summed E-state index contributed by atoms with van der Waals surface area (Å²) in [5, 5.41) is 0. The highest BCUT2D eigenvalue weighted by molar-refractivity contribution is 5.96. The molecule has 1 aliphatic heterocycles. The summed E-state index contributed by atoms with van der Waals surface area (Å²) >= 11 is 0. The number of rotatable bonds is 8. The quantitative estimate of drug-likeness (QED) is 0.560. The molecule has 2 aliphatic rings. The molecule has 2 fully saturated rings. The molecule has 176 valence electrons. The maximum absolute atomic E-state index is 14.3. The molecule has 1 saturated heterocycles. The van der Waals surface area contributed by atoms with Crippen molar-refractivity contribution in [2.24, 2.45) is 0 Å². The van der Waals surface area contributed by atoms with E-state index < -0.39 is 28.9 Å². The topological polar surface area (TPSA) is 65.1 Å². The number of ketones is 1. The van der Waals surface area contributed by atoms with Crippen LogP contribution in [0.15, 0.2) is 36.4 Å². The number of hydrogen-bond acceptors (Lipinski definition) is 5. The first-order valence-corrected chi connectivity index (χ1v) is 11.1. The van der Waals surface area contributed by atoms with Gasteiger partial charge in [-0.1, -0.05) is 19.1 Å². The van der Waals surface area contributed by atoms with Gasteiger partial charge in [-0.25, -0.2) is 8.78 Å². The van der Waals surface area contributed by atoms with Gasteiger partial charge in [-0.2, -0.15) is 0 Å². The summed E-state index contributed by atoms with van der Waals surface area (Å²) in [4.78, 5) is 26.8. The molecule has 1 aliphatic carbocycles. The van der Waals surface area contributed by atoms with Gasteiger partial charge in [0.2, 0.25) is 5.91 Å². The lowest BCUT2D eigenvalue weighted by Gasteiger charge is -2.35. The van der Waals surface area contributed by atoms with Gasteiger partial charge >= 0.3 is 0 Å². The van der Waals surface area contributed by atoms with Gasteiger partial charge in [0.25, 0.3) is 0 Å². The minimum atomic E-state index is -0.938. The van der Waals surface area contributed by atoms with Crippen molar-refractivity contribution in [2.75, 3.05) is 33.4 Å². The molecule has 0 N–H and O–H groups in total. The van der Waals surface area contributed by atoms with E-state index in [1.54, 1.807) is 18.9 Å². The Hall–Kier alpha value is -3.00. The molecule has 0 spiro atoms. The van der Waals surface area contributed by atoms with Crippen LogP contribution in [0.2, 0.25) is 0 Å². The molecule has 1 unspecified atom stereocenters. The van der Waals surface area contributed by atoms with Crippen LogP contribution in [0, 0.1) is 11.6 Å².